The topological polar surface area (TPSA) is 20.2 Å². The van der Waals surface area contributed by atoms with Crippen molar-refractivity contribution in [2.24, 2.45) is 0 Å². The summed E-state index contributed by atoms with van der Waals surface area (Å²) in [5.41, 5.74) is -0.844. The summed E-state index contributed by atoms with van der Waals surface area (Å²) < 4.78 is 64.3. The molecule has 2 aromatic carbocycles. The van der Waals surface area contributed by atoms with Crippen molar-refractivity contribution in [3.63, 3.8) is 0 Å². The molecule has 0 aliphatic heterocycles. The van der Waals surface area contributed by atoms with Crippen molar-refractivity contribution in [2.75, 3.05) is 0 Å². The Morgan fingerprint density at radius 1 is 0.952 bits per heavy atom. The van der Waals surface area contributed by atoms with Crippen LogP contribution in [0.15, 0.2) is 36.4 Å². The second-order valence-corrected chi connectivity index (χ2v) is 4.67. The number of benzene rings is 2. The van der Waals surface area contributed by atoms with Gasteiger partial charge in [-0.15, -0.1) is 0 Å². The van der Waals surface area contributed by atoms with Gasteiger partial charge in [-0.05, 0) is 53.9 Å². The average molecular weight is 302 g/mol. The average Bonchev–Trinajstić information content (AvgIpc) is 2.36. The second kappa shape index (κ2) is 5.44. The molecule has 1 nitrogen and oxygen atoms in total. The number of aryl methyl sites for hydroxylation is 1. The summed E-state index contributed by atoms with van der Waals surface area (Å²) in [7, 11) is 0. The summed E-state index contributed by atoms with van der Waals surface area (Å²) in [6, 6.07) is 5.33. The van der Waals surface area contributed by atoms with Crippen LogP contribution in [0.3, 0.4) is 0 Å². The third kappa shape index (κ3) is 3.39. The van der Waals surface area contributed by atoms with Gasteiger partial charge < -0.3 is 5.11 Å². The number of hydrogen-bond donors (Lipinski definition) is 1. The lowest BCUT2D eigenvalue weighted by molar-refractivity contribution is -0.137. The van der Waals surface area contributed by atoms with Crippen LogP contribution < -0.4 is 0 Å². The Labute approximate surface area is 117 Å². The molecule has 0 radical (unpaired) electrons. The largest absolute Gasteiger partial charge is 0.416 e. The minimum atomic E-state index is -4.71. The quantitative estimate of drug-likeness (QED) is 0.817. The molecule has 0 saturated carbocycles. The maximum Gasteiger partial charge on any atom is 0.416 e. The summed E-state index contributed by atoms with van der Waals surface area (Å²) in [4.78, 5) is 0. The molecule has 0 amide bonds. The molecular weight excluding hydrogens is 291 g/mol. The van der Waals surface area contributed by atoms with E-state index in [0.29, 0.717) is 17.7 Å². The van der Waals surface area contributed by atoms with Gasteiger partial charge >= 0.3 is 6.18 Å². The Bertz CT molecular complexity index is 664. The highest BCUT2D eigenvalue weighted by atomic mass is 19.4. The summed E-state index contributed by atoms with van der Waals surface area (Å²) in [5.74, 6) is -1.63. The van der Waals surface area contributed by atoms with Gasteiger partial charge in [-0.1, -0.05) is 6.07 Å². The molecule has 0 spiro atoms. The van der Waals surface area contributed by atoms with Crippen LogP contribution in [0.1, 0.15) is 28.4 Å². The van der Waals surface area contributed by atoms with Crippen LogP contribution in [0, 0.1) is 18.6 Å². The second-order valence-electron chi connectivity index (χ2n) is 4.67. The van der Waals surface area contributed by atoms with Crippen LogP contribution in [-0.4, -0.2) is 5.11 Å². The van der Waals surface area contributed by atoms with Gasteiger partial charge in [0.25, 0.3) is 0 Å². The van der Waals surface area contributed by atoms with E-state index in [1.54, 1.807) is 0 Å². The predicted molar refractivity (Wildman–Crippen MR) is 66.6 cm³/mol. The van der Waals surface area contributed by atoms with E-state index in [1.165, 1.54) is 13.0 Å². The number of halogens is 5. The van der Waals surface area contributed by atoms with Crippen molar-refractivity contribution in [1.82, 2.24) is 0 Å². The molecule has 6 heteroatoms. The maximum atomic E-state index is 13.3. The zero-order valence-electron chi connectivity index (χ0n) is 10.9. The van der Waals surface area contributed by atoms with Gasteiger partial charge in [-0.25, -0.2) is 8.78 Å². The summed E-state index contributed by atoms with van der Waals surface area (Å²) in [5, 5.41) is 10.1. The van der Waals surface area contributed by atoms with Crippen molar-refractivity contribution in [3.05, 3.63) is 70.3 Å². The fraction of sp³-hybridized carbons (Fsp3) is 0.200. The van der Waals surface area contributed by atoms with E-state index in [2.05, 4.69) is 0 Å². The first-order valence-electron chi connectivity index (χ1n) is 6.00. The molecule has 0 aliphatic rings. The molecule has 0 aliphatic carbocycles. The lowest BCUT2D eigenvalue weighted by Crippen LogP contribution is -2.09. The van der Waals surface area contributed by atoms with Crippen LogP contribution in [0.25, 0.3) is 0 Å². The van der Waals surface area contributed by atoms with E-state index >= 15 is 0 Å². The van der Waals surface area contributed by atoms with Crippen LogP contribution in [0.4, 0.5) is 22.0 Å². The number of aliphatic hydroxyl groups excluding tert-OH is 1. The lowest BCUT2D eigenvalue weighted by Gasteiger charge is -2.16. The number of rotatable bonds is 2. The van der Waals surface area contributed by atoms with Gasteiger partial charge in [0, 0.05) is 0 Å². The van der Waals surface area contributed by atoms with Gasteiger partial charge in [0.1, 0.15) is 17.7 Å². The fourth-order valence-electron chi connectivity index (χ4n) is 2.06. The van der Waals surface area contributed by atoms with E-state index in [0.717, 1.165) is 18.2 Å². The summed E-state index contributed by atoms with van der Waals surface area (Å²) >= 11 is 0. The molecule has 1 unspecified atom stereocenters. The van der Waals surface area contributed by atoms with E-state index in [4.69, 9.17) is 0 Å². The third-order valence-corrected chi connectivity index (χ3v) is 3.09. The molecule has 112 valence electrons. The van der Waals surface area contributed by atoms with Crippen LogP contribution in [0.2, 0.25) is 0 Å². The van der Waals surface area contributed by atoms with Gasteiger partial charge in [0.2, 0.25) is 0 Å². The molecule has 1 N–H and O–H groups in total. The molecule has 21 heavy (non-hydrogen) atoms. The molecule has 0 heterocycles. The first-order valence-corrected chi connectivity index (χ1v) is 6.00. The first kappa shape index (κ1) is 15.4. The Kier molecular flexibility index (Phi) is 4.00. The Morgan fingerprint density at radius 2 is 1.62 bits per heavy atom. The van der Waals surface area contributed by atoms with Crippen molar-refractivity contribution in [1.29, 1.82) is 0 Å². The van der Waals surface area contributed by atoms with Gasteiger partial charge in [0.15, 0.2) is 0 Å². The normalized spacial score (nSPS) is 13.3. The molecule has 2 aromatic rings. The van der Waals surface area contributed by atoms with Crippen molar-refractivity contribution < 1.29 is 27.1 Å². The van der Waals surface area contributed by atoms with Crippen LogP contribution >= 0.6 is 0 Å². The molecule has 0 saturated heterocycles. The number of aliphatic hydroxyl groups is 1. The number of hydrogen-bond acceptors (Lipinski definition) is 1. The number of alkyl halides is 3. The van der Waals surface area contributed by atoms with E-state index < -0.39 is 29.5 Å². The smallest absolute Gasteiger partial charge is 0.384 e. The highest BCUT2D eigenvalue weighted by Gasteiger charge is 2.32. The Hall–Kier alpha value is -1.95. The van der Waals surface area contributed by atoms with E-state index in [-0.39, 0.29) is 11.1 Å². The van der Waals surface area contributed by atoms with Gasteiger partial charge in [-0.3, -0.25) is 0 Å². The maximum absolute atomic E-state index is 13.3. The first-order chi connectivity index (χ1) is 9.68. The molecule has 0 aromatic heterocycles. The Balaban J connectivity index is 2.48. The van der Waals surface area contributed by atoms with Crippen molar-refractivity contribution in [3.8, 4) is 0 Å². The van der Waals surface area contributed by atoms with Gasteiger partial charge in [0.05, 0.1) is 5.56 Å². The predicted octanol–water partition coefficient (Wildman–Crippen LogP) is 4.37. The summed E-state index contributed by atoms with van der Waals surface area (Å²) in [6.45, 7) is 1.51. The van der Waals surface area contributed by atoms with Crippen LogP contribution in [0.5, 0.6) is 0 Å². The SMILES string of the molecule is Cc1cc(F)ccc1C(O)c1cc(F)cc(C(F)(F)F)c1. The van der Waals surface area contributed by atoms with Crippen molar-refractivity contribution in [2.45, 2.75) is 19.2 Å². The van der Waals surface area contributed by atoms with E-state index in [1.807, 2.05) is 0 Å². The fourth-order valence-corrected chi connectivity index (χ4v) is 2.06. The van der Waals surface area contributed by atoms with Gasteiger partial charge in [-0.2, -0.15) is 13.2 Å². The third-order valence-electron chi connectivity index (χ3n) is 3.09. The zero-order valence-corrected chi connectivity index (χ0v) is 10.9. The van der Waals surface area contributed by atoms with Crippen LogP contribution in [-0.2, 0) is 6.18 Å². The van der Waals surface area contributed by atoms with Crippen molar-refractivity contribution >= 4 is 0 Å². The highest BCUT2D eigenvalue weighted by molar-refractivity contribution is 5.38. The highest BCUT2D eigenvalue weighted by Crippen LogP contribution is 2.33. The molecule has 1 atom stereocenters. The minimum Gasteiger partial charge on any atom is -0.384 e. The Morgan fingerprint density at radius 3 is 2.19 bits per heavy atom. The minimum absolute atomic E-state index is 0.218. The standard InChI is InChI=1S/C15H11F5O/c1-8-4-11(16)2-3-13(8)14(21)9-5-10(15(18,19)20)7-12(17)6-9/h2-7,14,21H,1H3. The summed E-state index contributed by atoms with van der Waals surface area (Å²) in [6.07, 6.45) is -6.18. The molecule has 2 rings (SSSR count). The zero-order chi connectivity index (χ0) is 15.8. The monoisotopic (exact) mass is 302 g/mol. The molecule has 0 bridgehead atoms. The van der Waals surface area contributed by atoms with E-state index in [9.17, 15) is 27.1 Å². The lowest BCUT2D eigenvalue weighted by atomic mass is 9.96. The molecular formula is C15H11F5O. The molecule has 0 fully saturated rings.